The number of esters is 1. The van der Waals surface area contributed by atoms with Gasteiger partial charge in [-0.2, -0.15) is 0 Å². The predicted octanol–water partition coefficient (Wildman–Crippen LogP) is 2.80. The van der Waals surface area contributed by atoms with Crippen LogP contribution in [0.25, 0.3) is 0 Å². The number of nitrogens with zero attached hydrogens (tertiary/aromatic N) is 1. The quantitative estimate of drug-likeness (QED) is 0.795. The molecule has 0 aromatic heterocycles. The summed E-state index contributed by atoms with van der Waals surface area (Å²) in [6.45, 7) is 8.34. The van der Waals surface area contributed by atoms with E-state index in [1.165, 1.54) is 20.0 Å². The van der Waals surface area contributed by atoms with Crippen molar-refractivity contribution in [3.63, 3.8) is 0 Å². The van der Waals surface area contributed by atoms with Gasteiger partial charge in [-0.3, -0.25) is 4.79 Å². The summed E-state index contributed by atoms with van der Waals surface area (Å²) in [5.74, 6) is 0.526. The number of hydrogen-bond acceptors (Lipinski definition) is 3. The van der Waals surface area contributed by atoms with Gasteiger partial charge in [0.15, 0.2) is 0 Å². The van der Waals surface area contributed by atoms with Gasteiger partial charge in [-0.05, 0) is 48.9 Å². The molecule has 5 heteroatoms. The summed E-state index contributed by atoms with van der Waals surface area (Å²) in [5.41, 5.74) is 0.514. The molecule has 0 radical (unpaired) electrons. The fraction of sp³-hybridized carbons (Fsp3) is 0.889. The molecule has 1 N–H and O–H groups in total. The molecule has 2 saturated carbocycles. The first kappa shape index (κ1) is 16.6. The van der Waals surface area contributed by atoms with Gasteiger partial charge < -0.3 is 15.0 Å². The lowest BCUT2D eigenvalue weighted by Crippen LogP contribution is -2.53. The van der Waals surface area contributed by atoms with Gasteiger partial charge in [0.25, 0.3) is 0 Å². The van der Waals surface area contributed by atoms with Crippen molar-refractivity contribution in [1.29, 1.82) is 0 Å². The highest BCUT2D eigenvalue weighted by Crippen LogP contribution is 2.65. The summed E-state index contributed by atoms with van der Waals surface area (Å²) in [5, 5.41) is 3.30. The number of rotatable bonds is 2. The third-order valence-corrected chi connectivity index (χ3v) is 7.41. The van der Waals surface area contributed by atoms with E-state index < -0.39 is 0 Å². The number of methoxy groups -OCH3 is 1. The minimum Gasteiger partial charge on any atom is -0.469 e. The van der Waals surface area contributed by atoms with Crippen LogP contribution in [0.15, 0.2) is 0 Å². The van der Waals surface area contributed by atoms with Crippen LogP contribution in [0.1, 0.15) is 52.9 Å². The summed E-state index contributed by atoms with van der Waals surface area (Å²) in [4.78, 5) is 26.1. The van der Waals surface area contributed by atoms with Crippen LogP contribution >= 0.6 is 0 Å². The summed E-state index contributed by atoms with van der Waals surface area (Å²) in [6, 6.07) is 0.324. The molecule has 1 heterocycles. The lowest BCUT2D eigenvalue weighted by atomic mass is 9.69. The first-order valence-electron chi connectivity index (χ1n) is 8.93. The van der Waals surface area contributed by atoms with Gasteiger partial charge in [-0.1, -0.05) is 20.8 Å². The molecule has 1 saturated heterocycles. The maximum Gasteiger partial charge on any atom is 0.317 e. The molecular formula is C18H30N2O3. The second-order valence-electron chi connectivity index (χ2n) is 8.40. The van der Waals surface area contributed by atoms with E-state index in [2.05, 4.69) is 26.1 Å². The Morgan fingerprint density at radius 1 is 1.13 bits per heavy atom. The van der Waals surface area contributed by atoms with Crippen LogP contribution in [0.3, 0.4) is 0 Å². The van der Waals surface area contributed by atoms with Crippen LogP contribution in [0.2, 0.25) is 0 Å². The Hall–Kier alpha value is -1.26. The molecule has 1 aliphatic heterocycles. The number of urea groups is 1. The second-order valence-corrected chi connectivity index (χ2v) is 8.40. The first-order chi connectivity index (χ1) is 10.8. The Labute approximate surface area is 139 Å². The van der Waals surface area contributed by atoms with Crippen molar-refractivity contribution in [3.8, 4) is 0 Å². The maximum absolute atomic E-state index is 12.6. The minimum absolute atomic E-state index is 0.0443. The average Bonchev–Trinajstić information content (AvgIpc) is 2.87. The lowest BCUT2D eigenvalue weighted by Gasteiger charge is -2.40. The number of nitrogens with one attached hydrogen (secondary N) is 1. The van der Waals surface area contributed by atoms with Crippen LogP contribution in [-0.2, 0) is 9.53 Å². The van der Waals surface area contributed by atoms with Crippen LogP contribution < -0.4 is 5.32 Å². The zero-order chi connectivity index (χ0) is 16.8. The van der Waals surface area contributed by atoms with Crippen LogP contribution in [0, 0.1) is 22.7 Å². The van der Waals surface area contributed by atoms with E-state index >= 15 is 0 Å². The van der Waals surface area contributed by atoms with Crippen molar-refractivity contribution in [3.05, 3.63) is 0 Å². The summed E-state index contributed by atoms with van der Waals surface area (Å²) >= 11 is 0. The predicted molar refractivity (Wildman–Crippen MR) is 87.9 cm³/mol. The van der Waals surface area contributed by atoms with E-state index in [4.69, 9.17) is 4.74 Å². The van der Waals surface area contributed by atoms with E-state index in [-0.39, 0.29) is 29.4 Å². The largest absolute Gasteiger partial charge is 0.469 e. The molecule has 0 unspecified atom stereocenters. The van der Waals surface area contributed by atoms with Crippen LogP contribution in [0.4, 0.5) is 4.79 Å². The van der Waals surface area contributed by atoms with Crippen molar-refractivity contribution in [2.75, 3.05) is 20.2 Å². The summed E-state index contributed by atoms with van der Waals surface area (Å²) < 4.78 is 4.80. The number of likely N-dealkylation sites (tertiary alicyclic amines) is 1. The van der Waals surface area contributed by atoms with Gasteiger partial charge in [0.05, 0.1) is 13.0 Å². The minimum atomic E-state index is -0.146. The van der Waals surface area contributed by atoms with Crippen molar-refractivity contribution >= 4 is 12.0 Å². The smallest absolute Gasteiger partial charge is 0.317 e. The Balaban J connectivity index is 1.56. The number of piperidine rings is 1. The van der Waals surface area contributed by atoms with E-state index in [0.29, 0.717) is 31.3 Å². The molecule has 23 heavy (non-hydrogen) atoms. The van der Waals surface area contributed by atoms with E-state index in [0.717, 1.165) is 12.3 Å². The Bertz CT molecular complexity index is 496. The maximum atomic E-state index is 12.6. The monoisotopic (exact) mass is 322 g/mol. The third kappa shape index (κ3) is 2.52. The SMILES string of the molecule is COC(=O)C1CCN(C(=O)N[C@@H]2C[C@H]3CC[C@@]2(C)C3(C)C)CC1. The number of ether oxygens (including phenoxy) is 1. The zero-order valence-corrected chi connectivity index (χ0v) is 14.9. The number of amides is 2. The molecule has 2 bridgehead atoms. The van der Waals surface area contributed by atoms with E-state index in [1.54, 1.807) is 0 Å². The van der Waals surface area contributed by atoms with Crippen molar-refractivity contribution in [1.82, 2.24) is 10.2 Å². The molecule has 2 amide bonds. The first-order valence-corrected chi connectivity index (χ1v) is 8.93. The Kier molecular flexibility index (Phi) is 4.09. The fourth-order valence-electron chi connectivity index (χ4n) is 5.15. The molecule has 3 aliphatic rings. The molecule has 3 rings (SSSR count). The normalized spacial score (nSPS) is 36.1. The summed E-state index contributed by atoms with van der Waals surface area (Å²) in [7, 11) is 1.43. The van der Waals surface area contributed by atoms with Crippen molar-refractivity contribution in [2.24, 2.45) is 22.7 Å². The highest BCUT2D eigenvalue weighted by atomic mass is 16.5. The fourth-order valence-corrected chi connectivity index (χ4v) is 5.15. The van der Waals surface area contributed by atoms with Crippen LogP contribution in [-0.4, -0.2) is 43.1 Å². The molecule has 3 atom stereocenters. The van der Waals surface area contributed by atoms with Gasteiger partial charge in [0.2, 0.25) is 0 Å². The van der Waals surface area contributed by atoms with Gasteiger partial charge in [-0.15, -0.1) is 0 Å². The molecule has 0 aromatic rings. The van der Waals surface area contributed by atoms with Crippen molar-refractivity contribution < 1.29 is 14.3 Å². The second kappa shape index (κ2) is 5.67. The molecule has 2 aliphatic carbocycles. The summed E-state index contributed by atoms with van der Waals surface area (Å²) in [6.07, 6.45) is 5.01. The lowest BCUT2D eigenvalue weighted by molar-refractivity contribution is -0.146. The highest BCUT2D eigenvalue weighted by Gasteiger charge is 2.61. The van der Waals surface area contributed by atoms with Gasteiger partial charge in [-0.25, -0.2) is 4.79 Å². The third-order valence-electron chi connectivity index (χ3n) is 7.41. The highest BCUT2D eigenvalue weighted by molar-refractivity contribution is 5.76. The van der Waals surface area contributed by atoms with E-state index in [1.807, 2.05) is 4.90 Å². The molecule has 0 aromatic carbocycles. The number of carbonyl (C=O) groups is 2. The Morgan fingerprint density at radius 2 is 1.78 bits per heavy atom. The van der Waals surface area contributed by atoms with Crippen molar-refractivity contribution in [2.45, 2.75) is 58.9 Å². The standard InChI is InChI=1S/C18H30N2O3/c1-17(2)13-5-8-18(17,3)14(11-13)19-16(22)20-9-6-12(7-10-20)15(21)23-4/h12-14H,5-11H2,1-4H3,(H,19,22)/t13-,14-,18-/m1/s1. The van der Waals surface area contributed by atoms with Crippen LogP contribution in [0.5, 0.6) is 0 Å². The number of fused-ring (bicyclic) bond motifs is 2. The van der Waals surface area contributed by atoms with Gasteiger partial charge in [0.1, 0.15) is 0 Å². The number of carbonyl (C=O) groups excluding carboxylic acids is 2. The molecular weight excluding hydrogens is 292 g/mol. The van der Waals surface area contributed by atoms with Gasteiger partial charge >= 0.3 is 12.0 Å². The topological polar surface area (TPSA) is 58.6 Å². The molecule has 5 nitrogen and oxygen atoms in total. The number of hydrogen-bond donors (Lipinski definition) is 1. The van der Waals surface area contributed by atoms with E-state index in [9.17, 15) is 9.59 Å². The van der Waals surface area contributed by atoms with Gasteiger partial charge in [0, 0.05) is 19.1 Å². The Morgan fingerprint density at radius 3 is 2.26 bits per heavy atom. The molecule has 130 valence electrons. The zero-order valence-electron chi connectivity index (χ0n) is 14.9. The molecule has 3 fully saturated rings. The molecule has 0 spiro atoms. The average molecular weight is 322 g/mol.